The van der Waals surface area contributed by atoms with Crippen molar-refractivity contribution >= 4 is 8.56 Å². The SMILES string of the molecule is CC[Si](CCCCCc1cc(F)c(F)c(F)c1)(OC)OC. The summed E-state index contributed by atoms with van der Waals surface area (Å²) in [5.74, 6) is -3.65. The Morgan fingerprint density at radius 3 is 2.00 bits per heavy atom. The lowest BCUT2D eigenvalue weighted by Crippen LogP contribution is -2.38. The molecule has 0 unspecified atom stereocenters. The lowest BCUT2D eigenvalue weighted by Gasteiger charge is -2.25. The van der Waals surface area contributed by atoms with Crippen LogP contribution in [0.5, 0.6) is 0 Å². The smallest absolute Gasteiger partial charge is 0.337 e. The lowest BCUT2D eigenvalue weighted by molar-refractivity contribution is 0.241. The van der Waals surface area contributed by atoms with Gasteiger partial charge in [0, 0.05) is 14.2 Å². The van der Waals surface area contributed by atoms with Crippen LogP contribution in [-0.2, 0) is 15.3 Å². The first-order chi connectivity index (χ1) is 9.98. The van der Waals surface area contributed by atoms with Crippen LogP contribution in [0.25, 0.3) is 0 Å². The van der Waals surface area contributed by atoms with E-state index in [0.29, 0.717) is 12.0 Å². The molecule has 0 aliphatic rings. The average molecular weight is 320 g/mol. The van der Waals surface area contributed by atoms with Crippen molar-refractivity contribution in [2.45, 2.75) is 44.7 Å². The Morgan fingerprint density at radius 2 is 1.52 bits per heavy atom. The van der Waals surface area contributed by atoms with E-state index in [1.165, 1.54) is 0 Å². The number of halogens is 3. The van der Waals surface area contributed by atoms with Crippen LogP contribution in [0.2, 0.25) is 12.1 Å². The molecule has 0 saturated heterocycles. The van der Waals surface area contributed by atoms with Gasteiger partial charge < -0.3 is 8.85 Å². The number of benzene rings is 1. The maximum atomic E-state index is 13.1. The monoisotopic (exact) mass is 320 g/mol. The number of hydrogen-bond donors (Lipinski definition) is 0. The summed E-state index contributed by atoms with van der Waals surface area (Å²) in [5, 5.41) is 0. The summed E-state index contributed by atoms with van der Waals surface area (Å²) in [6.07, 6.45) is 3.21. The molecule has 0 atom stereocenters. The zero-order valence-corrected chi connectivity index (χ0v) is 13.8. The first kappa shape index (κ1) is 18.2. The molecule has 0 saturated carbocycles. The molecule has 2 nitrogen and oxygen atoms in total. The topological polar surface area (TPSA) is 18.5 Å². The van der Waals surface area contributed by atoms with Gasteiger partial charge in [0.05, 0.1) is 0 Å². The molecular formula is C15H23F3O2Si. The molecule has 0 aliphatic carbocycles. The van der Waals surface area contributed by atoms with Crippen molar-refractivity contribution in [2.75, 3.05) is 14.2 Å². The van der Waals surface area contributed by atoms with Gasteiger partial charge in [0.25, 0.3) is 0 Å². The molecule has 1 rings (SSSR count). The minimum atomic E-state index is -2.04. The molecule has 1 aromatic rings. The van der Waals surface area contributed by atoms with Crippen LogP contribution >= 0.6 is 0 Å². The van der Waals surface area contributed by atoms with E-state index >= 15 is 0 Å². The van der Waals surface area contributed by atoms with Crippen LogP contribution in [-0.4, -0.2) is 22.8 Å². The van der Waals surface area contributed by atoms with E-state index in [-0.39, 0.29) is 0 Å². The number of hydrogen-bond acceptors (Lipinski definition) is 2. The van der Waals surface area contributed by atoms with Crippen LogP contribution in [0, 0.1) is 17.5 Å². The van der Waals surface area contributed by atoms with Crippen molar-refractivity contribution in [3.05, 3.63) is 35.1 Å². The van der Waals surface area contributed by atoms with Crippen LogP contribution in [0.3, 0.4) is 0 Å². The van der Waals surface area contributed by atoms with E-state index in [0.717, 1.165) is 43.5 Å². The van der Waals surface area contributed by atoms with Gasteiger partial charge in [-0.1, -0.05) is 19.8 Å². The molecule has 0 heterocycles. The Kier molecular flexibility index (Phi) is 7.41. The van der Waals surface area contributed by atoms with Crippen LogP contribution < -0.4 is 0 Å². The van der Waals surface area contributed by atoms with E-state index in [2.05, 4.69) is 6.92 Å². The second-order valence-electron chi connectivity index (χ2n) is 5.11. The molecule has 0 spiro atoms. The molecule has 0 aromatic heterocycles. The quantitative estimate of drug-likeness (QED) is 0.377. The van der Waals surface area contributed by atoms with Crippen molar-refractivity contribution < 1.29 is 22.0 Å². The van der Waals surface area contributed by atoms with Gasteiger partial charge in [0.2, 0.25) is 0 Å². The fourth-order valence-corrected chi connectivity index (χ4v) is 4.70. The van der Waals surface area contributed by atoms with Gasteiger partial charge in [-0.15, -0.1) is 0 Å². The van der Waals surface area contributed by atoms with Gasteiger partial charge in [0.15, 0.2) is 17.5 Å². The zero-order chi connectivity index (χ0) is 15.9. The summed E-state index contributed by atoms with van der Waals surface area (Å²) in [6.45, 7) is 2.06. The highest BCUT2D eigenvalue weighted by molar-refractivity contribution is 6.67. The summed E-state index contributed by atoms with van der Waals surface area (Å²) >= 11 is 0. The molecular weight excluding hydrogens is 297 g/mol. The first-order valence-corrected chi connectivity index (χ1v) is 9.44. The van der Waals surface area contributed by atoms with E-state index < -0.39 is 26.0 Å². The Morgan fingerprint density at radius 1 is 0.952 bits per heavy atom. The molecule has 120 valence electrons. The molecule has 6 heteroatoms. The zero-order valence-electron chi connectivity index (χ0n) is 12.8. The summed E-state index contributed by atoms with van der Waals surface area (Å²) in [7, 11) is 1.33. The van der Waals surface area contributed by atoms with Crippen molar-refractivity contribution in [1.29, 1.82) is 0 Å². The predicted octanol–water partition coefficient (Wildman–Crippen LogP) is 4.57. The second kappa shape index (κ2) is 8.56. The molecule has 0 radical (unpaired) electrons. The molecule has 0 fully saturated rings. The summed E-state index contributed by atoms with van der Waals surface area (Å²) in [4.78, 5) is 0. The molecule has 21 heavy (non-hydrogen) atoms. The molecule has 1 aromatic carbocycles. The third kappa shape index (κ3) is 5.12. The third-order valence-electron chi connectivity index (χ3n) is 3.85. The van der Waals surface area contributed by atoms with Gasteiger partial charge in [-0.3, -0.25) is 0 Å². The third-order valence-corrected chi connectivity index (χ3v) is 7.53. The molecule has 0 N–H and O–H groups in total. The van der Waals surface area contributed by atoms with E-state index in [1.54, 1.807) is 14.2 Å². The number of unbranched alkanes of at least 4 members (excludes halogenated alkanes) is 2. The number of aryl methyl sites for hydroxylation is 1. The fourth-order valence-electron chi connectivity index (χ4n) is 2.41. The van der Waals surface area contributed by atoms with Crippen LogP contribution in [0.15, 0.2) is 12.1 Å². The van der Waals surface area contributed by atoms with E-state index in [1.807, 2.05) is 0 Å². The lowest BCUT2D eigenvalue weighted by atomic mass is 10.1. The predicted molar refractivity (Wildman–Crippen MR) is 78.9 cm³/mol. The largest absolute Gasteiger partial charge is 0.398 e. The summed E-state index contributed by atoms with van der Waals surface area (Å²) in [5.41, 5.74) is 0.490. The van der Waals surface area contributed by atoms with Gasteiger partial charge in [-0.05, 0) is 42.6 Å². The average Bonchev–Trinajstić information content (AvgIpc) is 2.49. The minimum Gasteiger partial charge on any atom is -0.398 e. The highest BCUT2D eigenvalue weighted by Gasteiger charge is 2.32. The Labute approximate surface area is 125 Å². The van der Waals surface area contributed by atoms with Gasteiger partial charge in [-0.2, -0.15) is 0 Å². The highest BCUT2D eigenvalue weighted by atomic mass is 28.4. The van der Waals surface area contributed by atoms with Gasteiger partial charge >= 0.3 is 8.56 Å². The van der Waals surface area contributed by atoms with Crippen molar-refractivity contribution in [1.82, 2.24) is 0 Å². The van der Waals surface area contributed by atoms with Crippen molar-refractivity contribution in [2.24, 2.45) is 0 Å². The maximum Gasteiger partial charge on any atom is 0.337 e. The van der Waals surface area contributed by atoms with Crippen molar-refractivity contribution in [3.63, 3.8) is 0 Å². The normalized spacial score (nSPS) is 11.9. The van der Waals surface area contributed by atoms with Crippen LogP contribution in [0.4, 0.5) is 13.2 Å². The fraction of sp³-hybridized carbons (Fsp3) is 0.600. The Balaban J connectivity index is 2.38. The Hall–Kier alpha value is -0.853. The Bertz CT molecular complexity index is 419. The number of rotatable bonds is 9. The maximum absolute atomic E-state index is 13.1. The second-order valence-corrected chi connectivity index (χ2v) is 8.95. The van der Waals surface area contributed by atoms with Gasteiger partial charge in [0.1, 0.15) is 0 Å². The highest BCUT2D eigenvalue weighted by Crippen LogP contribution is 2.21. The van der Waals surface area contributed by atoms with E-state index in [4.69, 9.17) is 8.85 Å². The van der Waals surface area contributed by atoms with Crippen LogP contribution in [0.1, 0.15) is 31.7 Å². The minimum absolute atomic E-state index is 0.490. The molecule has 0 bridgehead atoms. The van der Waals surface area contributed by atoms with Gasteiger partial charge in [-0.25, -0.2) is 13.2 Å². The van der Waals surface area contributed by atoms with Crippen molar-refractivity contribution in [3.8, 4) is 0 Å². The molecule has 0 aliphatic heterocycles. The molecule has 0 amide bonds. The summed E-state index contributed by atoms with van der Waals surface area (Å²) < 4.78 is 50.0. The summed E-state index contributed by atoms with van der Waals surface area (Å²) in [6, 6.07) is 3.93. The first-order valence-electron chi connectivity index (χ1n) is 7.21. The van der Waals surface area contributed by atoms with E-state index in [9.17, 15) is 13.2 Å². The standard InChI is InChI=1S/C15H23F3O2Si/c1-4-21(19-2,20-3)9-7-5-6-8-12-10-13(16)15(18)14(17)11-12/h10-11H,4-9H2,1-3H3.